The first-order chi connectivity index (χ1) is 9.29. The smallest absolute Gasteiger partial charge is 0.174 e. The second-order valence-electron chi connectivity index (χ2n) is 4.09. The van der Waals surface area contributed by atoms with Crippen molar-refractivity contribution in [1.82, 2.24) is 10.5 Å². The minimum atomic E-state index is 0.0539. The second-order valence-corrected chi connectivity index (χ2v) is 4.09. The number of hydrogen-bond acceptors (Lipinski definition) is 5. The monoisotopic (exact) mass is 257 g/mol. The fourth-order valence-electron chi connectivity index (χ4n) is 1.72. The van der Waals surface area contributed by atoms with Gasteiger partial charge in [-0.3, -0.25) is 0 Å². The van der Waals surface area contributed by atoms with Gasteiger partial charge >= 0.3 is 0 Å². The lowest BCUT2D eigenvalue weighted by Gasteiger charge is -2.09. The molecule has 0 radical (unpaired) electrons. The average Bonchev–Trinajstić information content (AvgIpc) is 2.83. The molecule has 5 heteroatoms. The third-order valence-corrected chi connectivity index (χ3v) is 2.56. The number of nitriles is 1. The van der Waals surface area contributed by atoms with Crippen LogP contribution in [0, 0.1) is 18.3 Å². The third-order valence-electron chi connectivity index (χ3n) is 2.56. The van der Waals surface area contributed by atoms with Crippen molar-refractivity contribution in [3.8, 4) is 11.8 Å². The molecule has 1 aromatic heterocycles. The third kappa shape index (κ3) is 3.83. The first kappa shape index (κ1) is 13.1. The van der Waals surface area contributed by atoms with Gasteiger partial charge in [0.2, 0.25) is 0 Å². The van der Waals surface area contributed by atoms with E-state index in [9.17, 15) is 0 Å². The summed E-state index contributed by atoms with van der Waals surface area (Å²) in [6.07, 6.45) is 0. The molecule has 1 heterocycles. The van der Waals surface area contributed by atoms with Crippen LogP contribution in [0.15, 0.2) is 34.9 Å². The maximum atomic E-state index is 8.54. The van der Waals surface area contributed by atoms with Crippen molar-refractivity contribution in [2.45, 2.75) is 20.0 Å². The maximum absolute atomic E-state index is 8.54. The Morgan fingerprint density at radius 2 is 2.21 bits per heavy atom. The summed E-state index contributed by atoms with van der Waals surface area (Å²) in [6, 6.07) is 11.5. The van der Waals surface area contributed by atoms with Crippen molar-refractivity contribution >= 4 is 0 Å². The highest BCUT2D eigenvalue weighted by Crippen LogP contribution is 2.17. The second kappa shape index (κ2) is 6.57. The van der Waals surface area contributed by atoms with Gasteiger partial charge in [-0.05, 0) is 13.0 Å². The number of nitrogens with one attached hydrogen (secondary N) is 1. The summed E-state index contributed by atoms with van der Waals surface area (Å²) in [4.78, 5) is 0. The topological polar surface area (TPSA) is 71.1 Å². The number of rotatable bonds is 6. The minimum absolute atomic E-state index is 0.0539. The number of benzene rings is 1. The molecule has 0 atom stereocenters. The molecule has 0 aliphatic carbocycles. The van der Waals surface area contributed by atoms with Crippen molar-refractivity contribution in [3.63, 3.8) is 0 Å². The van der Waals surface area contributed by atoms with Crippen LogP contribution in [0.5, 0.6) is 5.75 Å². The zero-order valence-electron chi connectivity index (χ0n) is 10.7. The Morgan fingerprint density at radius 1 is 1.37 bits per heavy atom. The van der Waals surface area contributed by atoms with E-state index in [4.69, 9.17) is 14.5 Å². The molecular weight excluding hydrogens is 242 g/mol. The Hall–Kier alpha value is -2.32. The van der Waals surface area contributed by atoms with Gasteiger partial charge in [0.1, 0.15) is 11.8 Å². The molecule has 1 aromatic carbocycles. The molecule has 19 heavy (non-hydrogen) atoms. The quantitative estimate of drug-likeness (QED) is 0.858. The van der Waals surface area contributed by atoms with Crippen LogP contribution in [-0.2, 0) is 13.1 Å². The van der Waals surface area contributed by atoms with Gasteiger partial charge in [0, 0.05) is 18.2 Å². The van der Waals surface area contributed by atoms with Gasteiger partial charge in [-0.2, -0.15) is 5.26 Å². The SMILES string of the molecule is Cc1cc(CNCc2ccccc2OCC#N)on1. The van der Waals surface area contributed by atoms with Gasteiger partial charge in [0.25, 0.3) is 0 Å². The zero-order chi connectivity index (χ0) is 13.5. The molecule has 2 aromatic rings. The van der Waals surface area contributed by atoms with Gasteiger partial charge in [-0.25, -0.2) is 0 Å². The molecule has 0 saturated carbocycles. The lowest BCUT2D eigenvalue weighted by Crippen LogP contribution is -2.13. The summed E-state index contributed by atoms with van der Waals surface area (Å²) in [5, 5.41) is 15.6. The van der Waals surface area contributed by atoms with E-state index >= 15 is 0 Å². The van der Waals surface area contributed by atoms with Gasteiger partial charge in [-0.15, -0.1) is 0 Å². The maximum Gasteiger partial charge on any atom is 0.174 e. The summed E-state index contributed by atoms with van der Waals surface area (Å²) in [6.45, 7) is 3.19. The minimum Gasteiger partial charge on any atom is -0.478 e. The van der Waals surface area contributed by atoms with Crippen LogP contribution < -0.4 is 10.1 Å². The zero-order valence-corrected chi connectivity index (χ0v) is 10.7. The van der Waals surface area contributed by atoms with E-state index in [1.165, 1.54) is 0 Å². The van der Waals surface area contributed by atoms with E-state index in [1.807, 2.05) is 43.3 Å². The first-order valence-electron chi connectivity index (χ1n) is 6.00. The molecule has 0 bridgehead atoms. The average molecular weight is 257 g/mol. The van der Waals surface area contributed by atoms with E-state index in [2.05, 4.69) is 10.5 Å². The molecule has 0 saturated heterocycles. The number of aromatic nitrogens is 1. The van der Waals surface area contributed by atoms with Crippen LogP contribution in [0.2, 0.25) is 0 Å². The van der Waals surface area contributed by atoms with Gasteiger partial charge in [0.05, 0.1) is 12.2 Å². The van der Waals surface area contributed by atoms with E-state index < -0.39 is 0 Å². The Kier molecular flexibility index (Phi) is 4.54. The van der Waals surface area contributed by atoms with Crippen molar-refractivity contribution in [2.75, 3.05) is 6.61 Å². The van der Waals surface area contributed by atoms with Crippen LogP contribution >= 0.6 is 0 Å². The predicted octanol–water partition coefficient (Wildman–Crippen LogP) is 2.18. The summed E-state index contributed by atoms with van der Waals surface area (Å²) in [5.41, 5.74) is 1.88. The number of ether oxygens (including phenoxy) is 1. The molecule has 98 valence electrons. The van der Waals surface area contributed by atoms with E-state index in [1.54, 1.807) is 0 Å². The number of para-hydroxylation sites is 1. The van der Waals surface area contributed by atoms with Gasteiger partial charge < -0.3 is 14.6 Å². The van der Waals surface area contributed by atoms with E-state index in [0.29, 0.717) is 13.1 Å². The van der Waals surface area contributed by atoms with Gasteiger partial charge in [-0.1, -0.05) is 23.4 Å². The van der Waals surface area contributed by atoms with Crippen molar-refractivity contribution < 1.29 is 9.26 Å². The largest absolute Gasteiger partial charge is 0.478 e. The van der Waals surface area contributed by atoms with Crippen LogP contribution in [0.4, 0.5) is 0 Å². The number of nitrogens with zero attached hydrogens (tertiary/aromatic N) is 2. The van der Waals surface area contributed by atoms with Crippen LogP contribution in [0.25, 0.3) is 0 Å². The fraction of sp³-hybridized carbons (Fsp3) is 0.286. The summed E-state index contributed by atoms with van der Waals surface area (Å²) >= 11 is 0. The van der Waals surface area contributed by atoms with Crippen LogP contribution in [-0.4, -0.2) is 11.8 Å². The Morgan fingerprint density at radius 3 is 2.95 bits per heavy atom. The first-order valence-corrected chi connectivity index (χ1v) is 6.00. The van der Waals surface area contributed by atoms with E-state index in [-0.39, 0.29) is 6.61 Å². The number of aryl methyl sites for hydroxylation is 1. The molecule has 0 amide bonds. The van der Waals surface area contributed by atoms with Crippen LogP contribution in [0.1, 0.15) is 17.0 Å². The van der Waals surface area contributed by atoms with Crippen molar-refractivity contribution in [1.29, 1.82) is 5.26 Å². The molecular formula is C14H15N3O2. The Bertz CT molecular complexity index is 572. The van der Waals surface area contributed by atoms with Crippen molar-refractivity contribution in [3.05, 3.63) is 47.3 Å². The lowest BCUT2D eigenvalue weighted by atomic mass is 10.2. The highest BCUT2D eigenvalue weighted by atomic mass is 16.5. The lowest BCUT2D eigenvalue weighted by molar-refractivity contribution is 0.357. The van der Waals surface area contributed by atoms with Crippen LogP contribution in [0.3, 0.4) is 0 Å². The fourth-order valence-corrected chi connectivity index (χ4v) is 1.72. The number of hydrogen-bond donors (Lipinski definition) is 1. The molecule has 0 spiro atoms. The highest BCUT2D eigenvalue weighted by molar-refractivity contribution is 5.33. The molecule has 0 aliphatic heterocycles. The highest BCUT2D eigenvalue weighted by Gasteiger charge is 2.04. The Labute approximate surface area is 111 Å². The molecule has 2 rings (SSSR count). The molecule has 0 aliphatic rings. The summed E-state index contributed by atoms with van der Waals surface area (Å²) in [5.74, 6) is 1.53. The standard InChI is InChI=1S/C14H15N3O2/c1-11-8-13(19-17-11)10-16-9-12-4-2-3-5-14(12)18-7-6-15/h2-5,8,16H,7,9-10H2,1H3. The summed E-state index contributed by atoms with van der Waals surface area (Å²) < 4.78 is 10.5. The Balaban J connectivity index is 1.90. The summed E-state index contributed by atoms with van der Waals surface area (Å²) in [7, 11) is 0. The predicted molar refractivity (Wildman–Crippen MR) is 69.3 cm³/mol. The molecule has 0 unspecified atom stereocenters. The van der Waals surface area contributed by atoms with E-state index in [0.717, 1.165) is 22.8 Å². The van der Waals surface area contributed by atoms with Crippen molar-refractivity contribution in [2.24, 2.45) is 0 Å². The molecule has 5 nitrogen and oxygen atoms in total. The van der Waals surface area contributed by atoms with Gasteiger partial charge in [0.15, 0.2) is 12.4 Å². The molecule has 0 fully saturated rings. The molecule has 1 N–H and O–H groups in total. The normalized spacial score (nSPS) is 10.1.